The molecule has 1 aliphatic rings. The second kappa shape index (κ2) is 4.71. The fraction of sp³-hybridized carbons (Fsp3) is 0.545. The standard InChI is InChI=1S/C11H16N2/c1-10-5-3-4-6-11(9-12)7-8-13(10)2/h5-6H,3-4,7-8H2,1-2H3/b10-5?,11-6+. The predicted molar refractivity (Wildman–Crippen MR) is 53.9 cm³/mol. The van der Waals surface area contributed by atoms with Gasteiger partial charge in [-0.05, 0) is 26.2 Å². The molecule has 0 N–H and O–H groups in total. The monoisotopic (exact) mass is 176 g/mol. The van der Waals surface area contributed by atoms with Gasteiger partial charge in [0.1, 0.15) is 0 Å². The third-order valence-corrected chi connectivity index (χ3v) is 2.46. The molecule has 70 valence electrons. The SMILES string of the molecule is CC1=CCC/C=C(/C#N)CCN1C. The molecule has 0 fully saturated rings. The van der Waals surface area contributed by atoms with Crippen LogP contribution in [-0.4, -0.2) is 18.5 Å². The molecular formula is C11H16N2. The molecule has 2 nitrogen and oxygen atoms in total. The maximum Gasteiger partial charge on any atom is 0.0944 e. The molecule has 13 heavy (non-hydrogen) atoms. The minimum absolute atomic E-state index is 0.873. The maximum atomic E-state index is 8.80. The van der Waals surface area contributed by atoms with Crippen LogP contribution in [0.15, 0.2) is 23.4 Å². The summed E-state index contributed by atoms with van der Waals surface area (Å²) in [5.74, 6) is 0. The van der Waals surface area contributed by atoms with E-state index in [-0.39, 0.29) is 0 Å². The van der Waals surface area contributed by atoms with Crippen molar-refractivity contribution in [2.45, 2.75) is 26.2 Å². The fourth-order valence-corrected chi connectivity index (χ4v) is 1.37. The Bertz CT molecular complexity index is 268. The highest BCUT2D eigenvalue weighted by molar-refractivity contribution is 5.21. The Labute approximate surface area is 80.2 Å². The molecular weight excluding hydrogens is 160 g/mol. The Hall–Kier alpha value is -1.23. The number of nitrogens with zero attached hydrogens (tertiary/aromatic N) is 2. The van der Waals surface area contributed by atoms with Crippen LogP contribution in [0.4, 0.5) is 0 Å². The van der Waals surface area contributed by atoms with Gasteiger partial charge in [0.05, 0.1) is 6.07 Å². The lowest BCUT2D eigenvalue weighted by molar-refractivity contribution is 0.423. The third kappa shape index (κ3) is 2.95. The van der Waals surface area contributed by atoms with Crippen molar-refractivity contribution in [3.63, 3.8) is 0 Å². The van der Waals surface area contributed by atoms with Gasteiger partial charge in [-0.1, -0.05) is 12.2 Å². The third-order valence-electron chi connectivity index (χ3n) is 2.46. The van der Waals surface area contributed by atoms with E-state index in [1.807, 2.05) is 0 Å². The van der Waals surface area contributed by atoms with E-state index in [4.69, 9.17) is 5.26 Å². The number of nitriles is 1. The van der Waals surface area contributed by atoms with E-state index in [1.165, 1.54) is 5.70 Å². The lowest BCUT2D eigenvalue weighted by Gasteiger charge is -2.18. The summed E-state index contributed by atoms with van der Waals surface area (Å²) in [6, 6.07) is 2.25. The Morgan fingerprint density at radius 1 is 1.38 bits per heavy atom. The smallest absolute Gasteiger partial charge is 0.0944 e. The highest BCUT2D eigenvalue weighted by atomic mass is 15.1. The van der Waals surface area contributed by atoms with E-state index in [2.05, 4.69) is 37.1 Å². The molecule has 0 aromatic carbocycles. The Morgan fingerprint density at radius 2 is 2.08 bits per heavy atom. The van der Waals surface area contributed by atoms with E-state index in [0.29, 0.717) is 0 Å². The lowest BCUT2D eigenvalue weighted by Crippen LogP contribution is -2.17. The van der Waals surface area contributed by atoms with Crippen molar-refractivity contribution in [3.8, 4) is 6.07 Å². The van der Waals surface area contributed by atoms with E-state index < -0.39 is 0 Å². The summed E-state index contributed by atoms with van der Waals surface area (Å²) in [6.07, 6.45) is 7.20. The van der Waals surface area contributed by atoms with Gasteiger partial charge in [0.2, 0.25) is 0 Å². The normalized spacial score (nSPS) is 23.0. The van der Waals surface area contributed by atoms with E-state index in [9.17, 15) is 0 Å². The minimum atomic E-state index is 0.873. The summed E-state index contributed by atoms with van der Waals surface area (Å²) < 4.78 is 0. The van der Waals surface area contributed by atoms with Gasteiger partial charge < -0.3 is 4.90 Å². The highest BCUT2D eigenvalue weighted by Crippen LogP contribution is 2.12. The van der Waals surface area contributed by atoms with Crippen LogP contribution in [0.25, 0.3) is 0 Å². The Morgan fingerprint density at radius 3 is 2.77 bits per heavy atom. The minimum Gasteiger partial charge on any atom is -0.378 e. The molecule has 0 saturated heterocycles. The van der Waals surface area contributed by atoms with Gasteiger partial charge >= 0.3 is 0 Å². The molecule has 1 rings (SSSR count). The first-order valence-corrected chi connectivity index (χ1v) is 4.71. The number of hydrogen-bond donors (Lipinski definition) is 0. The molecule has 0 aliphatic carbocycles. The van der Waals surface area contributed by atoms with Crippen LogP contribution in [0, 0.1) is 11.3 Å². The zero-order valence-electron chi connectivity index (χ0n) is 8.38. The second-order valence-corrected chi connectivity index (χ2v) is 3.44. The lowest BCUT2D eigenvalue weighted by atomic mass is 10.1. The predicted octanol–water partition coefficient (Wildman–Crippen LogP) is 2.46. The van der Waals surface area contributed by atoms with Crippen molar-refractivity contribution in [3.05, 3.63) is 23.4 Å². The summed E-state index contributed by atoms with van der Waals surface area (Å²) in [4.78, 5) is 2.20. The summed E-state index contributed by atoms with van der Waals surface area (Å²) >= 11 is 0. The van der Waals surface area contributed by atoms with Crippen LogP contribution in [0.2, 0.25) is 0 Å². The van der Waals surface area contributed by atoms with Crippen molar-refractivity contribution in [1.82, 2.24) is 4.90 Å². The van der Waals surface area contributed by atoms with Crippen LogP contribution in [0.1, 0.15) is 26.2 Å². The topological polar surface area (TPSA) is 27.0 Å². The highest BCUT2D eigenvalue weighted by Gasteiger charge is 2.03. The van der Waals surface area contributed by atoms with Crippen LogP contribution < -0.4 is 0 Å². The quantitative estimate of drug-likeness (QED) is 0.567. The summed E-state index contributed by atoms with van der Waals surface area (Å²) in [5.41, 5.74) is 2.24. The van der Waals surface area contributed by atoms with Gasteiger partial charge in [-0.2, -0.15) is 5.26 Å². The van der Waals surface area contributed by atoms with Crippen LogP contribution in [0.5, 0.6) is 0 Å². The van der Waals surface area contributed by atoms with Gasteiger partial charge in [-0.25, -0.2) is 0 Å². The first kappa shape index (κ1) is 9.85. The van der Waals surface area contributed by atoms with Gasteiger partial charge in [-0.15, -0.1) is 0 Å². The second-order valence-electron chi connectivity index (χ2n) is 3.44. The molecule has 0 saturated carbocycles. The van der Waals surface area contributed by atoms with E-state index in [1.54, 1.807) is 0 Å². The maximum absolute atomic E-state index is 8.80. The van der Waals surface area contributed by atoms with Crippen molar-refractivity contribution in [1.29, 1.82) is 5.26 Å². The first-order valence-electron chi connectivity index (χ1n) is 4.71. The summed E-state index contributed by atoms with van der Waals surface area (Å²) in [6.45, 7) is 3.07. The summed E-state index contributed by atoms with van der Waals surface area (Å²) in [7, 11) is 2.08. The zero-order chi connectivity index (χ0) is 9.68. The van der Waals surface area contributed by atoms with Crippen molar-refractivity contribution in [2.75, 3.05) is 13.6 Å². The Kier molecular flexibility index (Phi) is 3.57. The zero-order valence-corrected chi connectivity index (χ0v) is 8.38. The molecule has 0 atom stereocenters. The number of allylic oxidation sites excluding steroid dienone is 3. The van der Waals surface area contributed by atoms with Crippen LogP contribution in [-0.2, 0) is 0 Å². The number of hydrogen-bond acceptors (Lipinski definition) is 2. The molecule has 2 heteroatoms. The molecule has 1 heterocycles. The molecule has 0 bridgehead atoms. The van der Waals surface area contributed by atoms with Gasteiger partial charge in [0.15, 0.2) is 0 Å². The van der Waals surface area contributed by atoms with Crippen molar-refractivity contribution < 1.29 is 0 Å². The first-order chi connectivity index (χ1) is 6.24. The largest absolute Gasteiger partial charge is 0.378 e. The molecule has 0 unspecified atom stereocenters. The van der Waals surface area contributed by atoms with E-state index >= 15 is 0 Å². The van der Waals surface area contributed by atoms with Crippen LogP contribution >= 0.6 is 0 Å². The summed E-state index contributed by atoms with van der Waals surface area (Å²) in [5, 5.41) is 8.80. The average Bonchev–Trinajstić information content (AvgIpc) is 2.21. The van der Waals surface area contributed by atoms with E-state index in [0.717, 1.165) is 31.4 Å². The molecule has 1 aliphatic heterocycles. The Balaban J connectivity index is 2.67. The molecule has 0 aromatic heterocycles. The average molecular weight is 176 g/mol. The molecule has 0 radical (unpaired) electrons. The molecule has 0 aromatic rings. The molecule has 0 amide bonds. The molecule has 0 spiro atoms. The van der Waals surface area contributed by atoms with Crippen LogP contribution in [0.3, 0.4) is 0 Å². The van der Waals surface area contributed by atoms with Crippen molar-refractivity contribution in [2.24, 2.45) is 0 Å². The van der Waals surface area contributed by atoms with Gasteiger partial charge in [0.25, 0.3) is 0 Å². The van der Waals surface area contributed by atoms with Crippen molar-refractivity contribution >= 4 is 0 Å². The number of rotatable bonds is 0. The fourth-order valence-electron chi connectivity index (χ4n) is 1.37. The van der Waals surface area contributed by atoms with Gasteiger partial charge in [0, 0.05) is 24.9 Å². The van der Waals surface area contributed by atoms with Gasteiger partial charge in [-0.3, -0.25) is 0 Å².